The molecule has 0 atom stereocenters. The number of rotatable bonds is 3. The Labute approximate surface area is 140 Å². The number of aromatic nitrogens is 5. The van der Waals surface area contributed by atoms with Gasteiger partial charge in [0.2, 0.25) is 5.69 Å². The number of H-pyrrole nitrogens is 1. The van der Waals surface area contributed by atoms with Crippen molar-refractivity contribution in [1.29, 1.82) is 0 Å². The minimum Gasteiger partial charge on any atom is -0.322 e. The normalized spacial score (nSPS) is 13.2. The molecule has 4 rings (SSSR count). The Morgan fingerprint density at radius 3 is 2.36 bits per heavy atom. The molecule has 1 aromatic carbocycles. The van der Waals surface area contributed by atoms with E-state index < -0.39 is 17.8 Å². The van der Waals surface area contributed by atoms with Crippen molar-refractivity contribution in [1.82, 2.24) is 30.3 Å². The quantitative estimate of drug-likeness (QED) is 0.693. The number of hydroxylamine groups is 2. The topological polar surface area (TPSA) is 123 Å². The molecule has 0 saturated carbocycles. The van der Waals surface area contributed by atoms with E-state index >= 15 is 0 Å². The van der Waals surface area contributed by atoms with Gasteiger partial charge in [-0.25, -0.2) is 4.79 Å². The van der Waals surface area contributed by atoms with Crippen LogP contribution >= 0.6 is 0 Å². The summed E-state index contributed by atoms with van der Waals surface area (Å²) in [4.78, 5) is 41.9. The number of benzene rings is 1. The lowest BCUT2D eigenvalue weighted by molar-refractivity contribution is -0.0588. The van der Waals surface area contributed by atoms with Crippen molar-refractivity contribution < 1.29 is 19.2 Å². The van der Waals surface area contributed by atoms with Crippen LogP contribution in [0.2, 0.25) is 0 Å². The predicted octanol–water partition coefficient (Wildman–Crippen LogP) is 0.573. The molecule has 124 valence electrons. The molecular formula is C15H10N6O4. The molecule has 0 aliphatic carbocycles. The number of imide groups is 1. The fourth-order valence-electron chi connectivity index (χ4n) is 2.53. The van der Waals surface area contributed by atoms with Gasteiger partial charge in [0.15, 0.2) is 0 Å². The van der Waals surface area contributed by atoms with Crippen molar-refractivity contribution in [2.45, 2.75) is 0 Å². The second kappa shape index (κ2) is 5.37. The summed E-state index contributed by atoms with van der Waals surface area (Å²) >= 11 is 0. The standard InChI is InChI=1S/C15H10N6O4/c1-20-10(6-7-16-20)11-12(18-19-17-11)15(24)25-21-13(22)8-4-2-3-5-9(8)14(21)23/h2-7H,1H3,(H,17,18,19). The molecule has 3 aromatic rings. The first-order valence-electron chi connectivity index (χ1n) is 7.17. The minimum absolute atomic E-state index is 0.167. The van der Waals surface area contributed by atoms with Crippen molar-refractivity contribution in [3.05, 3.63) is 53.3 Å². The highest BCUT2D eigenvalue weighted by atomic mass is 16.7. The van der Waals surface area contributed by atoms with Gasteiger partial charge in [0.25, 0.3) is 11.8 Å². The van der Waals surface area contributed by atoms with Crippen LogP contribution in [0.15, 0.2) is 36.5 Å². The second-order valence-corrected chi connectivity index (χ2v) is 5.19. The van der Waals surface area contributed by atoms with Crippen LogP contribution in [-0.2, 0) is 11.9 Å². The van der Waals surface area contributed by atoms with E-state index in [0.717, 1.165) is 0 Å². The lowest BCUT2D eigenvalue weighted by atomic mass is 10.1. The zero-order chi connectivity index (χ0) is 17.6. The van der Waals surface area contributed by atoms with Crippen molar-refractivity contribution in [3.63, 3.8) is 0 Å². The molecule has 0 saturated heterocycles. The van der Waals surface area contributed by atoms with Gasteiger partial charge in [-0.05, 0) is 18.2 Å². The van der Waals surface area contributed by atoms with E-state index in [4.69, 9.17) is 4.84 Å². The number of fused-ring (bicyclic) bond motifs is 1. The molecule has 1 aliphatic heterocycles. The summed E-state index contributed by atoms with van der Waals surface area (Å²) in [6.45, 7) is 0. The van der Waals surface area contributed by atoms with Gasteiger partial charge in [-0.3, -0.25) is 14.3 Å². The van der Waals surface area contributed by atoms with Crippen LogP contribution < -0.4 is 0 Å². The van der Waals surface area contributed by atoms with Crippen molar-refractivity contribution in [2.24, 2.45) is 7.05 Å². The van der Waals surface area contributed by atoms with Crippen LogP contribution in [0.1, 0.15) is 31.2 Å². The van der Waals surface area contributed by atoms with Gasteiger partial charge in [-0.2, -0.15) is 15.4 Å². The third kappa shape index (κ3) is 2.19. The molecule has 0 spiro atoms. The van der Waals surface area contributed by atoms with E-state index in [1.54, 1.807) is 25.2 Å². The highest BCUT2D eigenvalue weighted by Gasteiger charge is 2.39. The number of nitrogens with one attached hydrogen (secondary N) is 1. The average molecular weight is 338 g/mol. The zero-order valence-electron chi connectivity index (χ0n) is 12.8. The summed E-state index contributed by atoms with van der Waals surface area (Å²) in [6.07, 6.45) is 1.53. The Bertz CT molecular complexity index is 985. The zero-order valence-corrected chi connectivity index (χ0v) is 12.8. The van der Waals surface area contributed by atoms with Gasteiger partial charge >= 0.3 is 5.97 Å². The van der Waals surface area contributed by atoms with E-state index in [-0.39, 0.29) is 22.5 Å². The molecule has 10 heteroatoms. The highest BCUT2D eigenvalue weighted by Crippen LogP contribution is 2.24. The molecule has 1 aliphatic rings. The Hall–Kier alpha value is -3.82. The van der Waals surface area contributed by atoms with E-state index in [2.05, 4.69) is 20.5 Å². The first-order valence-corrected chi connectivity index (χ1v) is 7.17. The Morgan fingerprint density at radius 2 is 1.76 bits per heavy atom. The monoisotopic (exact) mass is 338 g/mol. The maximum Gasteiger partial charge on any atom is 0.386 e. The number of hydrogen-bond acceptors (Lipinski definition) is 7. The average Bonchev–Trinajstić information content (AvgIpc) is 3.30. The molecule has 3 heterocycles. The number of aromatic amines is 1. The van der Waals surface area contributed by atoms with E-state index in [0.29, 0.717) is 10.8 Å². The number of hydrogen-bond donors (Lipinski definition) is 1. The lowest BCUT2D eigenvalue weighted by Crippen LogP contribution is -2.33. The SMILES string of the molecule is Cn1nccc1-c1n[nH]nc1C(=O)ON1C(=O)c2ccccc2C1=O. The van der Waals surface area contributed by atoms with E-state index in [1.807, 2.05) is 0 Å². The van der Waals surface area contributed by atoms with Crippen LogP contribution in [0.5, 0.6) is 0 Å². The molecular weight excluding hydrogens is 328 g/mol. The fraction of sp³-hybridized carbons (Fsp3) is 0.0667. The number of nitrogens with zero attached hydrogens (tertiary/aromatic N) is 5. The van der Waals surface area contributed by atoms with Gasteiger partial charge in [0.05, 0.1) is 16.8 Å². The summed E-state index contributed by atoms with van der Waals surface area (Å²) in [6, 6.07) is 7.85. The van der Waals surface area contributed by atoms with E-state index in [1.165, 1.54) is 23.0 Å². The van der Waals surface area contributed by atoms with Crippen LogP contribution in [0, 0.1) is 0 Å². The first-order chi connectivity index (χ1) is 12.1. The van der Waals surface area contributed by atoms with Gasteiger partial charge < -0.3 is 4.84 Å². The molecule has 1 N–H and O–H groups in total. The molecule has 0 bridgehead atoms. The fourth-order valence-corrected chi connectivity index (χ4v) is 2.53. The van der Waals surface area contributed by atoms with Crippen molar-refractivity contribution >= 4 is 17.8 Å². The van der Waals surface area contributed by atoms with Crippen LogP contribution in [0.4, 0.5) is 0 Å². The summed E-state index contributed by atoms with van der Waals surface area (Å²) in [5, 5.41) is 14.4. The van der Waals surface area contributed by atoms with Crippen molar-refractivity contribution in [3.8, 4) is 11.4 Å². The smallest absolute Gasteiger partial charge is 0.322 e. The van der Waals surface area contributed by atoms with Gasteiger partial charge in [-0.15, -0.1) is 5.10 Å². The molecule has 0 radical (unpaired) electrons. The highest BCUT2D eigenvalue weighted by molar-refractivity contribution is 6.21. The third-order valence-electron chi connectivity index (χ3n) is 3.74. The van der Waals surface area contributed by atoms with Crippen LogP contribution in [-0.4, -0.2) is 48.0 Å². The second-order valence-electron chi connectivity index (χ2n) is 5.19. The molecule has 0 unspecified atom stereocenters. The summed E-state index contributed by atoms with van der Waals surface area (Å²) in [7, 11) is 1.67. The number of carbonyl (C=O) groups is 3. The summed E-state index contributed by atoms with van der Waals surface area (Å²) in [5.41, 5.74) is 0.893. The maximum atomic E-state index is 12.4. The Balaban J connectivity index is 1.63. The Morgan fingerprint density at radius 1 is 1.08 bits per heavy atom. The number of aryl methyl sites for hydroxylation is 1. The summed E-state index contributed by atoms with van der Waals surface area (Å²) in [5.74, 6) is -2.40. The molecule has 2 amide bonds. The molecule has 10 nitrogen and oxygen atoms in total. The molecule has 25 heavy (non-hydrogen) atoms. The van der Waals surface area contributed by atoms with E-state index in [9.17, 15) is 14.4 Å². The van der Waals surface area contributed by atoms with Crippen LogP contribution in [0.25, 0.3) is 11.4 Å². The number of carbonyl (C=O) groups excluding carboxylic acids is 3. The number of amides is 2. The largest absolute Gasteiger partial charge is 0.386 e. The van der Waals surface area contributed by atoms with Gasteiger partial charge in [0, 0.05) is 13.2 Å². The van der Waals surface area contributed by atoms with Crippen molar-refractivity contribution in [2.75, 3.05) is 0 Å². The van der Waals surface area contributed by atoms with Gasteiger partial charge in [-0.1, -0.05) is 17.2 Å². The Kier molecular flexibility index (Phi) is 3.17. The predicted molar refractivity (Wildman–Crippen MR) is 80.9 cm³/mol. The minimum atomic E-state index is -0.987. The van der Waals surface area contributed by atoms with Crippen LogP contribution in [0.3, 0.4) is 0 Å². The summed E-state index contributed by atoms with van der Waals surface area (Å²) < 4.78 is 1.50. The molecule has 2 aromatic heterocycles. The maximum absolute atomic E-state index is 12.4. The first kappa shape index (κ1) is 14.8. The molecule has 0 fully saturated rings. The lowest BCUT2D eigenvalue weighted by Gasteiger charge is -2.11. The third-order valence-corrected chi connectivity index (χ3v) is 3.74. The van der Waals surface area contributed by atoms with Gasteiger partial charge in [0.1, 0.15) is 5.69 Å².